The summed E-state index contributed by atoms with van der Waals surface area (Å²) in [5.41, 5.74) is 4.95. The Morgan fingerprint density at radius 3 is 2.78 bits per heavy atom. The van der Waals surface area contributed by atoms with E-state index >= 15 is 0 Å². The SMILES string of the molecule is NC(=O)[CH]CSCC(=O)NCCN1CCNCC1. The number of hydrogen-bond acceptors (Lipinski definition) is 5. The molecule has 1 rings (SSSR count). The summed E-state index contributed by atoms with van der Waals surface area (Å²) in [5, 5.41) is 6.15. The summed E-state index contributed by atoms with van der Waals surface area (Å²) in [7, 11) is 0. The number of carbonyl (C=O) groups excluding carboxylic acids is 2. The summed E-state index contributed by atoms with van der Waals surface area (Å²) >= 11 is 1.38. The van der Waals surface area contributed by atoms with E-state index in [-0.39, 0.29) is 5.91 Å². The van der Waals surface area contributed by atoms with Crippen LogP contribution in [0.3, 0.4) is 0 Å². The molecule has 0 aromatic heterocycles. The molecule has 1 aliphatic heterocycles. The number of carbonyl (C=O) groups is 2. The smallest absolute Gasteiger partial charge is 0.230 e. The molecule has 6 nitrogen and oxygen atoms in total. The van der Waals surface area contributed by atoms with Gasteiger partial charge in [-0.05, 0) is 0 Å². The monoisotopic (exact) mass is 273 g/mol. The fourth-order valence-corrected chi connectivity index (χ4v) is 2.32. The first kappa shape index (κ1) is 15.3. The van der Waals surface area contributed by atoms with Gasteiger partial charge in [-0.25, -0.2) is 0 Å². The molecule has 4 N–H and O–H groups in total. The normalized spacial score (nSPS) is 16.4. The summed E-state index contributed by atoms with van der Waals surface area (Å²) in [6, 6.07) is 0. The number of hydrogen-bond donors (Lipinski definition) is 3. The predicted octanol–water partition coefficient (Wildman–Crippen LogP) is -1.57. The number of primary amides is 1. The van der Waals surface area contributed by atoms with Crippen LogP contribution < -0.4 is 16.4 Å². The van der Waals surface area contributed by atoms with Gasteiger partial charge in [0, 0.05) is 45.0 Å². The number of nitrogens with one attached hydrogen (secondary N) is 2. The molecular formula is C11H21N4O2S. The quantitative estimate of drug-likeness (QED) is 0.465. The number of amides is 2. The molecule has 0 saturated carbocycles. The molecule has 1 heterocycles. The summed E-state index contributed by atoms with van der Waals surface area (Å²) in [4.78, 5) is 24.2. The number of nitrogens with two attached hydrogens (primary N) is 1. The standard InChI is InChI=1S/C11H21N4O2S/c12-10(16)1-8-18-9-11(17)14-4-7-15-5-2-13-3-6-15/h1,13H,2-9H2,(H2,12,16)(H,14,17). The van der Waals surface area contributed by atoms with Crippen LogP contribution in [-0.2, 0) is 9.59 Å². The Bertz CT molecular complexity index is 270. The van der Waals surface area contributed by atoms with Gasteiger partial charge in [0.15, 0.2) is 0 Å². The maximum Gasteiger partial charge on any atom is 0.230 e. The van der Waals surface area contributed by atoms with Gasteiger partial charge in [0.2, 0.25) is 11.8 Å². The average molecular weight is 273 g/mol. The van der Waals surface area contributed by atoms with E-state index in [1.807, 2.05) is 0 Å². The Balaban J connectivity index is 1.94. The molecule has 2 amide bonds. The van der Waals surface area contributed by atoms with Crippen molar-refractivity contribution in [1.29, 1.82) is 0 Å². The second-order valence-corrected chi connectivity index (χ2v) is 5.09. The highest BCUT2D eigenvalue weighted by atomic mass is 32.2. The predicted molar refractivity (Wildman–Crippen MR) is 73.1 cm³/mol. The van der Waals surface area contributed by atoms with Crippen LogP contribution in [0, 0.1) is 6.42 Å². The first-order valence-electron chi connectivity index (χ1n) is 6.08. The van der Waals surface area contributed by atoms with Crippen molar-refractivity contribution in [2.45, 2.75) is 0 Å². The zero-order valence-electron chi connectivity index (χ0n) is 10.5. The van der Waals surface area contributed by atoms with Gasteiger partial charge in [0.05, 0.1) is 12.2 Å². The minimum atomic E-state index is -0.443. The number of piperazine rings is 1. The van der Waals surface area contributed by atoms with Gasteiger partial charge in [-0.3, -0.25) is 14.5 Å². The fraction of sp³-hybridized carbons (Fsp3) is 0.727. The van der Waals surface area contributed by atoms with Crippen LogP contribution >= 0.6 is 11.8 Å². The van der Waals surface area contributed by atoms with Crippen LogP contribution in [0.15, 0.2) is 0 Å². The molecular weight excluding hydrogens is 252 g/mol. The van der Waals surface area contributed by atoms with Crippen LogP contribution in [-0.4, -0.2) is 67.5 Å². The highest BCUT2D eigenvalue weighted by molar-refractivity contribution is 8.00. The average Bonchev–Trinajstić information content (AvgIpc) is 2.36. The van der Waals surface area contributed by atoms with Crippen LogP contribution in [0.25, 0.3) is 0 Å². The van der Waals surface area contributed by atoms with Crippen molar-refractivity contribution in [2.75, 3.05) is 50.8 Å². The number of rotatable bonds is 8. The summed E-state index contributed by atoms with van der Waals surface area (Å²) in [5.74, 6) is 0.418. The van der Waals surface area contributed by atoms with Crippen LogP contribution in [0.5, 0.6) is 0 Å². The van der Waals surface area contributed by atoms with E-state index in [1.54, 1.807) is 0 Å². The van der Waals surface area contributed by atoms with Crippen LogP contribution in [0.4, 0.5) is 0 Å². The van der Waals surface area contributed by atoms with Crippen molar-refractivity contribution in [3.8, 4) is 0 Å². The Hall–Kier alpha value is -0.790. The lowest BCUT2D eigenvalue weighted by atomic mass is 10.3. The molecule has 7 heteroatoms. The fourth-order valence-electron chi connectivity index (χ4n) is 1.63. The second-order valence-electron chi connectivity index (χ2n) is 4.06. The van der Waals surface area contributed by atoms with E-state index < -0.39 is 5.91 Å². The van der Waals surface area contributed by atoms with E-state index in [9.17, 15) is 9.59 Å². The lowest BCUT2D eigenvalue weighted by Crippen LogP contribution is -2.46. The van der Waals surface area contributed by atoms with Gasteiger partial charge < -0.3 is 16.4 Å². The van der Waals surface area contributed by atoms with Crippen molar-refractivity contribution in [3.63, 3.8) is 0 Å². The summed E-state index contributed by atoms with van der Waals surface area (Å²) < 4.78 is 0. The van der Waals surface area contributed by atoms with Crippen molar-refractivity contribution < 1.29 is 9.59 Å². The lowest BCUT2D eigenvalue weighted by Gasteiger charge is -2.27. The molecule has 1 fully saturated rings. The van der Waals surface area contributed by atoms with Crippen LogP contribution in [0.1, 0.15) is 0 Å². The van der Waals surface area contributed by atoms with Crippen molar-refractivity contribution in [2.24, 2.45) is 5.73 Å². The largest absolute Gasteiger partial charge is 0.369 e. The van der Waals surface area contributed by atoms with E-state index in [2.05, 4.69) is 15.5 Å². The topological polar surface area (TPSA) is 87.5 Å². The van der Waals surface area contributed by atoms with Gasteiger partial charge in [0.1, 0.15) is 0 Å². The highest BCUT2D eigenvalue weighted by Crippen LogP contribution is 2.00. The molecule has 0 spiro atoms. The second kappa shape index (κ2) is 9.18. The Labute approximate surface area is 112 Å². The minimum Gasteiger partial charge on any atom is -0.369 e. The van der Waals surface area contributed by atoms with E-state index in [4.69, 9.17) is 5.73 Å². The molecule has 0 aliphatic carbocycles. The van der Waals surface area contributed by atoms with E-state index in [0.29, 0.717) is 18.1 Å². The molecule has 18 heavy (non-hydrogen) atoms. The van der Waals surface area contributed by atoms with Crippen molar-refractivity contribution in [1.82, 2.24) is 15.5 Å². The number of thioether (sulfide) groups is 1. The third-order valence-electron chi connectivity index (χ3n) is 2.60. The lowest BCUT2D eigenvalue weighted by molar-refractivity contribution is -0.118. The molecule has 103 valence electrons. The zero-order chi connectivity index (χ0) is 13.2. The van der Waals surface area contributed by atoms with Crippen molar-refractivity contribution in [3.05, 3.63) is 6.42 Å². The maximum atomic E-state index is 11.4. The molecule has 1 saturated heterocycles. The first-order chi connectivity index (χ1) is 8.68. The molecule has 0 atom stereocenters. The minimum absolute atomic E-state index is 0.00741. The van der Waals surface area contributed by atoms with Crippen molar-refractivity contribution >= 4 is 23.6 Å². The molecule has 1 aliphatic rings. The van der Waals surface area contributed by atoms with Gasteiger partial charge in [-0.1, -0.05) is 0 Å². The van der Waals surface area contributed by atoms with Gasteiger partial charge in [-0.15, -0.1) is 0 Å². The molecule has 0 aromatic carbocycles. The Morgan fingerprint density at radius 1 is 1.39 bits per heavy atom. The molecule has 0 aromatic rings. The van der Waals surface area contributed by atoms with Gasteiger partial charge >= 0.3 is 0 Å². The molecule has 1 radical (unpaired) electrons. The highest BCUT2D eigenvalue weighted by Gasteiger charge is 2.09. The number of nitrogens with zero attached hydrogens (tertiary/aromatic N) is 1. The Morgan fingerprint density at radius 2 is 2.11 bits per heavy atom. The van der Waals surface area contributed by atoms with Gasteiger partial charge in [0.25, 0.3) is 0 Å². The zero-order valence-corrected chi connectivity index (χ0v) is 11.3. The molecule has 0 bridgehead atoms. The maximum absolute atomic E-state index is 11.4. The first-order valence-corrected chi connectivity index (χ1v) is 7.24. The summed E-state index contributed by atoms with van der Waals surface area (Å²) in [6.07, 6.45) is 1.37. The van der Waals surface area contributed by atoms with E-state index in [0.717, 1.165) is 32.7 Å². The third-order valence-corrected chi connectivity index (χ3v) is 3.46. The van der Waals surface area contributed by atoms with E-state index in [1.165, 1.54) is 18.2 Å². The Kier molecular flexibility index (Phi) is 7.79. The third kappa shape index (κ3) is 7.52. The molecule has 0 unspecified atom stereocenters. The van der Waals surface area contributed by atoms with Crippen LogP contribution in [0.2, 0.25) is 0 Å². The van der Waals surface area contributed by atoms with Gasteiger partial charge in [-0.2, -0.15) is 11.8 Å². The summed E-state index contributed by atoms with van der Waals surface area (Å²) in [6.45, 7) is 5.69.